The van der Waals surface area contributed by atoms with Gasteiger partial charge in [0.1, 0.15) is 6.10 Å². The first-order valence-corrected chi connectivity index (χ1v) is 15.7. The fourth-order valence-electron chi connectivity index (χ4n) is 9.15. The molecule has 0 aromatic rings. The molecule has 3 fully saturated rings. The van der Waals surface area contributed by atoms with E-state index in [9.17, 15) is 4.79 Å². The summed E-state index contributed by atoms with van der Waals surface area (Å²) in [6.07, 6.45) is 24.8. The molecular formula is C33H56O2. The van der Waals surface area contributed by atoms with Crippen molar-refractivity contribution in [3.63, 3.8) is 0 Å². The molecule has 0 unspecified atom stereocenters. The molecular weight excluding hydrogens is 428 g/mol. The van der Waals surface area contributed by atoms with E-state index in [1.54, 1.807) is 5.57 Å². The number of allylic oxidation sites excluding steroid dienone is 1. The molecule has 2 heteroatoms. The predicted molar refractivity (Wildman–Crippen MR) is 147 cm³/mol. The smallest absolute Gasteiger partial charge is 0.306 e. The number of hydrogen-bond acceptors (Lipinski definition) is 2. The molecule has 0 heterocycles. The van der Waals surface area contributed by atoms with Crippen molar-refractivity contribution in [2.45, 2.75) is 150 Å². The number of ether oxygens (including phenoxy) is 1. The fraction of sp³-hybridized carbons (Fsp3) is 0.909. The number of unbranched alkanes of at least 4 members (excludes halogenated alkanes) is 5. The number of hydrogen-bond donors (Lipinski definition) is 0. The number of fused-ring (bicyclic) bond motifs is 5. The van der Waals surface area contributed by atoms with Crippen LogP contribution >= 0.6 is 0 Å². The summed E-state index contributed by atoms with van der Waals surface area (Å²) in [6.45, 7) is 11.9. The molecule has 0 radical (unpaired) electrons. The van der Waals surface area contributed by atoms with Gasteiger partial charge < -0.3 is 4.74 Å². The SMILES string of the molecule is CCCCCCCC[C@H]1CC[C@H]2[C@@H]3CC=C4C[C@@H](OC(=O)C[C@@H](C)CC)CC[C@]4(C)[C@H]3CC[C@]12C. The Morgan fingerprint density at radius 1 is 1.00 bits per heavy atom. The van der Waals surface area contributed by atoms with Crippen LogP contribution in [-0.2, 0) is 9.53 Å². The lowest BCUT2D eigenvalue weighted by Crippen LogP contribution is -2.50. The average Bonchev–Trinajstić information content (AvgIpc) is 3.17. The van der Waals surface area contributed by atoms with Gasteiger partial charge in [-0.2, -0.15) is 0 Å². The van der Waals surface area contributed by atoms with Crippen molar-refractivity contribution in [3.8, 4) is 0 Å². The minimum atomic E-state index is 0.0260. The van der Waals surface area contributed by atoms with Gasteiger partial charge >= 0.3 is 5.97 Å². The Bertz CT molecular complexity index is 739. The highest BCUT2D eigenvalue weighted by atomic mass is 16.5. The summed E-state index contributed by atoms with van der Waals surface area (Å²) >= 11 is 0. The highest BCUT2D eigenvalue weighted by molar-refractivity contribution is 5.69. The van der Waals surface area contributed by atoms with Crippen molar-refractivity contribution in [2.75, 3.05) is 0 Å². The van der Waals surface area contributed by atoms with E-state index < -0.39 is 0 Å². The minimum absolute atomic E-state index is 0.0260. The van der Waals surface area contributed by atoms with Gasteiger partial charge in [0.05, 0.1) is 0 Å². The Morgan fingerprint density at radius 3 is 2.54 bits per heavy atom. The highest BCUT2D eigenvalue weighted by Gasteiger charge is 2.58. The number of carbonyl (C=O) groups excluding carboxylic acids is 1. The zero-order chi connectivity index (χ0) is 25.1. The third-order valence-electron chi connectivity index (χ3n) is 11.7. The Hall–Kier alpha value is -0.790. The molecule has 35 heavy (non-hydrogen) atoms. The summed E-state index contributed by atoms with van der Waals surface area (Å²) in [5.74, 6) is 4.11. The van der Waals surface area contributed by atoms with Crippen LogP contribution in [0.1, 0.15) is 144 Å². The van der Waals surface area contributed by atoms with Crippen LogP contribution in [0.2, 0.25) is 0 Å². The van der Waals surface area contributed by atoms with Gasteiger partial charge in [0.2, 0.25) is 0 Å². The van der Waals surface area contributed by atoms with Crippen LogP contribution in [0.25, 0.3) is 0 Å². The highest BCUT2D eigenvalue weighted by Crippen LogP contribution is 2.66. The normalized spacial score (nSPS) is 39.2. The van der Waals surface area contributed by atoms with Crippen molar-refractivity contribution >= 4 is 5.97 Å². The molecule has 3 saturated carbocycles. The molecule has 2 nitrogen and oxygen atoms in total. The molecule has 0 aliphatic heterocycles. The van der Waals surface area contributed by atoms with Gasteiger partial charge in [-0.1, -0.05) is 91.2 Å². The van der Waals surface area contributed by atoms with Crippen LogP contribution in [0.4, 0.5) is 0 Å². The largest absolute Gasteiger partial charge is 0.462 e. The maximum atomic E-state index is 12.4. The Kier molecular flexibility index (Phi) is 9.13. The molecule has 0 aromatic heterocycles. The van der Waals surface area contributed by atoms with Gasteiger partial charge in [-0.15, -0.1) is 0 Å². The van der Waals surface area contributed by atoms with Gasteiger partial charge in [0, 0.05) is 12.8 Å². The van der Waals surface area contributed by atoms with Crippen LogP contribution in [0, 0.1) is 40.4 Å². The standard InChI is InChI=1S/C33H56O2/c1-6-8-9-10-11-12-13-25-15-17-29-28-16-14-26-23-27(35-31(34)22-24(3)7-2)18-20-33(26,5)30(28)19-21-32(25,29)4/h14,24-25,27-30H,6-13,15-23H2,1-5H3/t24-,25-,27-,28-,29-,30-,32+,33-/m0/s1. The van der Waals surface area contributed by atoms with Crippen molar-refractivity contribution in [1.29, 1.82) is 0 Å². The summed E-state index contributed by atoms with van der Waals surface area (Å²) in [5.41, 5.74) is 2.58. The Labute approximate surface area is 217 Å². The molecule has 0 amide bonds. The topological polar surface area (TPSA) is 26.3 Å². The van der Waals surface area contributed by atoms with E-state index in [2.05, 4.69) is 40.7 Å². The molecule has 0 bridgehead atoms. The first-order valence-electron chi connectivity index (χ1n) is 15.7. The van der Waals surface area contributed by atoms with Crippen LogP contribution in [0.5, 0.6) is 0 Å². The summed E-state index contributed by atoms with van der Waals surface area (Å²) in [6, 6.07) is 0. The van der Waals surface area contributed by atoms with E-state index in [1.165, 1.54) is 83.5 Å². The molecule has 0 saturated heterocycles. The Morgan fingerprint density at radius 2 is 1.77 bits per heavy atom. The third-order valence-corrected chi connectivity index (χ3v) is 11.7. The Balaban J connectivity index is 1.35. The average molecular weight is 485 g/mol. The zero-order valence-corrected chi connectivity index (χ0v) is 23.9. The van der Waals surface area contributed by atoms with Crippen molar-refractivity contribution < 1.29 is 9.53 Å². The first-order chi connectivity index (χ1) is 16.8. The molecule has 4 rings (SSSR count). The molecule has 4 aliphatic carbocycles. The first kappa shape index (κ1) is 27.3. The number of carbonyl (C=O) groups is 1. The van der Waals surface area contributed by atoms with Crippen LogP contribution in [-0.4, -0.2) is 12.1 Å². The summed E-state index contributed by atoms with van der Waals surface area (Å²) < 4.78 is 5.98. The van der Waals surface area contributed by atoms with Crippen LogP contribution in [0.3, 0.4) is 0 Å². The third kappa shape index (κ3) is 5.72. The van der Waals surface area contributed by atoms with Gasteiger partial charge in [-0.05, 0) is 91.8 Å². The molecule has 4 aliphatic rings. The summed E-state index contributed by atoms with van der Waals surface area (Å²) in [4.78, 5) is 12.4. The van der Waals surface area contributed by atoms with Crippen molar-refractivity contribution in [1.82, 2.24) is 0 Å². The second-order valence-corrected chi connectivity index (χ2v) is 13.7. The lowest BCUT2D eigenvalue weighted by molar-refractivity contribution is -0.152. The van der Waals surface area contributed by atoms with E-state index in [1.807, 2.05) is 0 Å². The summed E-state index contributed by atoms with van der Waals surface area (Å²) in [7, 11) is 0. The summed E-state index contributed by atoms with van der Waals surface area (Å²) in [5, 5.41) is 0. The molecule has 0 N–H and O–H groups in total. The van der Waals surface area contributed by atoms with Gasteiger partial charge in [0.25, 0.3) is 0 Å². The van der Waals surface area contributed by atoms with Crippen molar-refractivity contribution in [2.24, 2.45) is 40.4 Å². The molecule has 8 atom stereocenters. The zero-order valence-electron chi connectivity index (χ0n) is 23.9. The van der Waals surface area contributed by atoms with E-state index in [4.69, 9.17) is 4.74 Å². The van der Waals surface area contributed by atoms with Crippen LogP contribution < -0.4 is 0 Å². The molecule has 200 valence electrons. The second-order valence-electron chi connectivity index (χ2n) is 13.7. The predicted octanol–water partition coefficient (Wildman–Crippen LogP) is 9.66. The van der Waals surface area contributed by atoms with Gasteiger partial charge in [-0.3, -0.25) is 4.79 Å². The lowest BCUT2D eigenvalue weighted by atomic mass is 9.47. The lowest BCUT2D eigenvalue weighted by Gasteiger charge is -2.58. The maximum Gasteiger partial charge on any atom is 0.306 e. The molecule has 0 aromatic carbocycles. The minimum Gasteiger partial charge on any atom is -0.462 e. The van der Waals surface area contributed by atoms with Gasteiger partial charge in [0.15, 0.2) is 0 Å². The number of esters is 1. The van der Waals surface area contributed by atoms with E-state index >= 15 is 0 Å². The fourth-order valence-corrected chi connectivity index (χ4v) is 9.15. The van der Waals surface area contributed by atoms with E-state index in [-0.39, 0.29) is 12.1 Å². The van der Waals surface area contributed by atoms with E-state index in [0.717, 1.165) is 42.9 Å². The van der Waals surface area contributed by atoms with E-state index in [0.29, 0.717) is 23.2 Å². The quantitative estimate of drug-likeness (QED) is 0.166. The van der Waals surface area contributed by atoms with Crippen molar-refractivity contribution in [3.05, 3.63) is 11.6 Å². The second kappa shape index (κ2) is 11.7. The number of rotatable bonds is 11. The molecule has 0 spiro atoms. The maximum absolute atomic E-state index is 12.4. The van der Waals surface area contributed by atoms with Gasteiger partial charge in [-0.25, -0.2) is 0 Å². The van der Waals surface area contributed by atoms with Crippen LogP contribution in [0.15, 0.2) is 11.6 Å². The monoisotopic (exact) mass is 484 g/mol.